The highest BCUT2D eigenvalue weighted by molar-refractivity contribution is 7.87. The van der Waals surface area contributed by atoms with Crippen LogP contribution in [0.2, 0.25) is 0 Å². The monoisotopic (exact) mass is 300 g/mol. The highest BCUT2D eigenvalue weighted by atomic mass is 32.2. The van der Waals surface area contributed by atoms with Crippen molar-refractivity contribution in [1.29, 1.82) is 0 Å². The van der Waals surface area contributed by atoms with Gasteiger partial charge in [0.1, 0.15) is 0 Å². The molecule has 0 aliphatic carbocycles. The topological polar surface area (TPSA) is 67.2 Å². The molecule has 0 aromatic carbocycles. The Balaban J connectivity index is 2.20. The van der Waals surface area contributed by atoms with Crippen molar-refractivity contribution in [3.63, 3.8) is 0 Å². The van der Waals surface area contributed by atoms with E-state index in [9.17, 15) is 8.42 Å². The maximum atomic E-state index is 12.3. The summed E-state index contributed by atoms with van der Waals surface area (Å²) in [7, 11) is -3.39. The van der Waals surface area contributed by atoms with Crippen LogP contribution in [0.5, 0.6) is 0 Å². The molecular formula is C13H24N4O2S. The van der Waals surface area contributed by atoms with Crippen molar-refractivity contribution in [2.45, 2.75) is 53.1 Å². The van der Waals surface area contributed by atoms with Gasteiger partial charge < -0.3 is 0 Å². The van der Waals surface area contributed by atoms with Crippen molar-refractivity contribution in [1.82, 2.24) is 18.8 Å². The third-order valence-corrected chi connectivity index (χ3v) is 5.60. The zero-order valence-electron chi connectivity index (χ0n) is 12.7. The molecule has 0 bridgehead atoms. The average Bonchev–Trinajstić information content (AvgIpc) is 2.97. The summed E-state index contributed by atoms with van der Waals surface area (Å²) in [5.74, 6) is 0. The van der Waals surface area contributed by atoms with E-state index in [4.69, 9.17) is 0 Å². The van der Waals surface area contributed by atoms with Gasteiger partial charge in [-0.1, -0.05) is 0 Å². The van der Waals surface area contributed by atoms with Crippen LogP contribution in [0.25, 0.3) is 0 Å². The summed E-state index contributed by atoms with van der Waals surface area (Å²) in [6.45, 7) is 9.85. The second kappa shape index (κ2) is 5.83. The first-order chi connectivity index (χ1) is 9.36. The summed E-state index contributed by atoms with van der Waals surface area (Å²) in [5, 5.41) is 4.45. The lowest BCUT2D eigenvalue weighted by Gasteiger charge is -2.20. The third kappa shape index (κ3) is 2.89. The van der Waals surface area contributed by atoms with Crippen LogP contribution < -0.4 is 4.72 Å². The van der Waals surface area contributed by atoms with Crippen LogP contribution in [-0.2, 0) is 16.8 Å². The van der Waals surface area contributed by atoms with Gasteiger partial charge in [0, 0.05) is 36.9 Å². The quantitative estimate of drug-likeness (QED) is 0.896. The molecule has 20 heavy (non-hydrogen) atoms. The molecule has 1 saturated heterocycles. The highest BCUT2D eigenvalue weighted by Gasteiger charge is 2.28. The van der Waals surface area contributed by atoms with Gasteiger partial charge in [0.25, 0.3) is 10.2 Å². The molecule has 1 fully saturated rings. The summed E-state index contributed by atoms with van der Waals surface area (Å²) < 4.78 is 30.8. The first-order valence-electron chi connectivity index (χ1n) is 7.18. The Morgan fingerprint density at radius 2 is 1.90 bits per heavy atom. The second-order valence-corrected chi connectivity index (χ2v) is 7.05. The lowest BCUT2D eigenvalue weighted by atomic mass is 10.1. The molecule has 114 valence electrons. The molecule has 2 rings (SSSR count). The van der Waals surface area contributed by atoms with Crippen molar-refractivity contribution in [2.24, 2.45) is 0 Å². The molecule has 1 atom stereocenters. The zero-order valence-corrected chi connectivity index (χ0v) is 13.5. The minimum absolute atomic E-state index is 0.263. The van der Waals surface area contributed by atoms with Gasteiger partial charge in [-0.2, -0.15) is 22.5 Å². The first kappa shape index (κ1) is 15.5. The standard InChI is InChI=1S/C13H24N4O2S/c1-5-17-12(4)13(10(2)14-17)11(3)15-20(18,19)16-8-6-7-9-16/h11,15H,5-9H2,1-4H3/t11-/m1/s1. The smallest absolute Gasteiger partial charge is 0.270 e. The van der Waals surface area contributed by atoms with E-state index in [0.29, 0.717) is 13.1 Å². The molecule has 2 heterocycles. The van der Waals surface area contributed by atoms with Gasteiger partial charge in [-0.3, -0.25) is 4.68 Å². The van der Waals surface area contributed by atoms with E-state index in [1.54, 1.807) is 0 Å². The summed E-state index contributed by atoms with van der Waals surface area (Å²) >= 11 is 0. The minimum Gasteiger partial charge on any atom is -0.270 e. The molecule has 0 amide bonds. The molecule has 1 aromatic rings. The van der Waals surface area contributed by atoms with Gasteiger partial charge >= 0.3 is 0 Å². The van der Waals surface area contributed by atoms with Gasteiger partial charge in [0.2, 0.25) is 0 Å². The van der Waals surface area contributed by atoms with E-state index < -0.39 is 10.2 Å². The molecule has 0 spiro atoms. The van der Waals surface area contributed by atoms with Crippen molar-refractivity contribution < 1.29 is 8.42 Å². The number of rotatable bonds is 5. The number of aryl methyl sites for hydroxylation is 2. The van der Waals surface area contributed by atoms with Crippen LogP contribution in [0.15, 0.2) is 0 Å². The summed E-state index contributed by atoms with van der Waals surface area (Å²) in [5.41, 5.74) is 2.90. The van der Waals surface area contributed by atoms with E-state index in [1.165, 1.54) is 4.31 Å². The summed E-state index contributed by atoms with van der Waals surface area (Å²) in [6.07, 6.45) is 1.89. The van der Waals surface area contributed by atoms with Crippen molar-refractivity contribution in [3.05, 3.63) is 17.0 Å². The van der Waals surface area contributed by atoms with Crippen LogP contribution in [0.4, 0.5) is 0 Å². The highest BCUT2D eigenvalue weighted by Crippen LogP contribution is 2.23. The lowest BCUT2D eigenvalue weighted by molar-refractivity contribution is 0.456. The van der Waals surface area contributed by atoms with Gasteiger partial charge in [0.15, 0.2) is 0 Å². The number of nitrogens with one attached hydrogen (secondary N) is 1. The molecule has 0 saturated carbocycles. The molecule has 1 aliphatic heterocycles. The van der Waals surface area contributed by atoms with Crippen molar-refractivity contribution >= 4 is 10.2 Å². The fourth-order valence-electron chi connectivity index (χ4n) is 2.93. The Kier molecular flexibility index (Phi) is 4.51. The summed E-state index contributed by atoms with van der Waals surface area (Å²) in [4.78, 5) is 0. The molecular weight excluding hydrogens is 276 g/mol. The van der Waals surface area contributed by atoms with Crippen LogP contribution in [0.3, 0.4) is 0 Å². The average molecular weight is 300 g/mol. The van der Waals surface area contributed by atoms with E-state index in [2.05, 4.69) is 9.82 Å². The Morgan fingerprint density at radius 3 is 2.40 bits per heavy atom. The second-order valence-electron chi connectivity index (χ2n) is 5.35. The SMILES string of the molecule is CCn1nc(C)c([C@@H](C)NS(=O)(=O)N2CCCC2)c1C. The third-order valence-electron chi connectivity index (χ3n) is 3.90. The van der Waals surface area contributed by atoms with Gasteiger partial charge in [-0.15, -0.1) is 0 Å². The van der Waals surface area contributed by atoms with Crippen molar-refractivity contribution in [2.75, 3.05) is 13.1 Å². The zero-order chi connectivity index (χ0) is 14.9. The first-order valence-corrected chi connectivity index (χ1v) is 8.62. The number of aromatic nitrogens is 2. The van der Waals surface area contributed by atoms with Crippen LogP contribution >= 0.6 is 0 Å². The minimum atomic E-state index is -3.39. The van der Waals surface area contributed by atoms with E-state index in [-0.39, 0.29) is 6.04 Å². The largest absolute Gasteiger partial charge is 0.279 e. The number of hydrogen-bond donors (Lipinski definition) is 1. The molecule has 1 N–H and O–H groups in total. The Labute approximate surface area is 121 Å². The van der Waals surface area contributed by atoms with E-state index in [0.717, 1.165) is 36.3 Å². The van der Waals surface area contributed by atoms with Gasteiger partial charge in [-0.05, 0) is 40.5 Å². The maximum absolute atomic E-state index is 12.3. The predicted octanol–water partition coefficient (Wildman–Crippen LogP) is 1.51. The van der Waals surface area contributed by atoms with E-state index in [1.807, 2.05) is 32.4 Å². The normalized spacial score (nSPS) is 18.6. The van der Waals surface area contributed by atoms with E-state index >= 15 is 0 Å². The maximum Gasteiger partial charge on any atom is 0.279 e. The fraction of sp³-hybridized carbons (Fsp3) is 0.769. The molecule has 7 heteroatoms. The van der Waals surface area contributed by atoms with Gasteiger partial charge in [0.05, 0.1) is 5.69 Å². The Morgan fingerprint density at radius 1 is 1.30 bits per heavy atom. The van der Waals surface area contributed by atoms with Crippen LogP contribution in [-0.4, -0.2) is 35.6 Å². The van der Waals surface area contributed by atoms with Gasteiger partial charge in [-0.25, -0.2) is 0 Å². The Hall–Kier alpha value is -0.920. The van der Waals surface area contributed by atoms with Crippen LogP contribution in [0.1, 0.15) is 49.7 Å². The summed E-state index contributed by atoms with van der Waals surface area (Å²) in [6, 6.07) is -0.263. The molecule has 0 unspecified atom stereocenters. The lowest BCUT2D eigenvalue weighted by Crippen LogP contribution is -2.40. The fourth-order valence-corrected chi connectivity index (χ4v) is 4.38. The molecule has 1 aromatic heterocycles. The Bertz CT molecular complexity index is 573. The number of nitrogens with zero attached hydrogens (tertiary/aromatic N) is 3. The number of hydrogen-bond acceptors (Lipinski definition) is 3. The van der Waals surface area contributed by atoms with Crippen molar-refractivity contribution in [3.8, 4) is 0 Å². The van der Waals surface area contributed by atoms with Crippen LogP contribution in [0, 0.1) is 13.8 Å². The molecule has 0 radical (unpaired) electrons. The molecule has 1 aliphatic rings. The predicted molar refractivity (Wildman–Crippen MR) is 78.7 cm³/mol. The molecule has 6 nitrogen and oxygen atoms in total.